The highest BCUT2D eigenvalue weighted by Crippen LogP contribution is 2.44. The zero-order valence-corrected chi connectivity index (χ0v) is 17.7. The number of carboxylic acid groups (broad SMARTS) is 1. The van der Waals surface area contributed by atoms with Crippen molar-refractivity contribution in [3.05, 3.63) is 82.6 Å². The number of carboxylic acids is 1. The van der Waals surface area contributed by atoms with E-state index in [0.29, 0.717) is 16.9 Å². The van der Waals surface area contributed by atoms with Crippen LogP contribution in [0.15, 0.2) is 70.3 Å². The molecule has 0 fully saturated rings. The number of aromatic nitrogens is 2. The summed E-state index contributed by atoms with van der Waals surface area (Å²) in [5.41, 5.74) is 0.0596. The van der Waals surface area contributed by atoms with Gasteiger partial charge in [0.25, 0.3) is 0 Å². The van der Waals surface area contributed by atoms with Crippen molar-refractivity contribution < 1.29 is 27.6 Å². The minimum atomic E-state index is -4.63. The van der Waals surface area contributed by atoms with E-state index in [0.717, 1.165) is 11.0 Å². The zero-order valence-electron chi connectivity index (χ0n) is 16.1. The van der Waals surface area contributed by atoms with Crippen LogP contribution in [0.2, 0.25) is 5.02 Å². The quantitative estimate of drug-likeness (QED) is 0.292. The minimum absolute atomic E-state index is 0.00813. The lowest BCUT2D eigenvalue weighted by atomic mass is 9.99. The molecule has 2 heterocycles. The molecular formula is C22H14ClF3N2O3S. The fourth-order valence-corrected chi connectivity index (χ4v) is 4.35. The van der Waals surface area contributed by atoms with Crippen LogP contribution in [0.1, 0.15) is 21.5 Å². The number of hydrogen-bond acceptors (Lipinski definition) is 4. The van der Waals surface area contributed by atoms with Crippen molar-refractivity contribution in [2.45, 2.75) is 16.8 Å². The summed E-state index contributed by atoms with van der Waals surface area (Å²) in [5.74, 6) is -0.506. The van der Waals surface area contributed by atoms with Crippen LogP contribution in [-0.2, 0) is 11.9 Å². The monoisotopic (exact) mass is 478 g/mol. The Kier molecular flexibility index (Phi) is 6.03. The number of nitrogens with one attached hydrogen (secondary N) is 1. The molecule has 4 rings (SSSR count). The van der Waals surface area contributed by atoms with Crippen molar-refractivity contribution in [3.63, 3.8) is 0 Å². The van der Waals surface area contributed by atoms with Gasteiger partial charge in [-0.1, -0.05) is 22.8 Å². The van der Waals surface area contributed by atoms with Crippen LogP contribution in [0.25, 0.3) is 22.6 Å². The Morgan fingerprint density at radius 1 is 1.16 bits per heavy atom. The van der Waals surface area contributed by atoms with Gasteiger partial charge in [-0.15, -0.1) is 11.8 Å². The molecular weight excluding hydrogens is 465 g/mol. The number of halogens is 4. The first kappa shape index (κ1) is 22.0. The Hall–Kier alpha value is -3.17. The molecule has 0 atom stereocenters. The van der Waals surface area contributed by atoms with Gasteiger partial charge in [0.1, 0.15) is 5.69 Å². The molecule has 2 N–H and O–H groups in total. The molecule has 0 saturated carbocycles. The fourth-order valence-electron chi connectivity index (χ4n) is 3.18. The second-order valence-corrected chi connectivity index (χ2v) is 8.17. The highest BCUT2D eigenvalue weighted by Gasteiger charge is 2.36. The summed E-state index contributed by atoms with van der Waals surface area (Å²) in [6, 6.07) is 11.5. The Bertz CT molecular complexity index is 1250. The first-order chi connectivity index (χ1) is 15.3. The number of carbonyl (C=O) groups is 1. The van der Waals surface area contributed by atoms with Gasteiger partial charge in [0, 0.05) is 39.7 Å². The van der Waals surface area contributed by atoms with Crippen molar-refractivity contribution in [3.8, 4) is 22.6 Å². The first-order valence-electron chi connectivity index (χ1n) is 9.19. The summed E-state index contributed by atoms with van der Waals surface area (Å²) >= 11 is 7.50. The van der Waals surface area contributed by atoms with Crippen molar-refractivity contribution in [1.82, 2.24) is 10.1 Å². The van der Waals surface area contributed by atoms with Crippen molar-refractivity contribution in [2.24, 2.45) is 0 Å². The van der Waals surface area contributed by atoms with E-state index in [1.54, 1.807) is 30.6 Å². The fraction of sp³-hybridized carbons (Fsp3) is 0.0909. The van der Waals surface area contributed by atoms with Crippen molar-refractivity contribution >= 4 is 29.3 Å². The van der Waals surface area contributed by atoms with Gasteiger partial charge in [0.05, 0.1) is 16.1 Å². The molecule has 0 unspecified atom stereocenters. The van der Waals surface area contributed by atoms with Crippen LogP contribution in [0.5, 0.6) is 0 Å². The molecule has 5 nitrogen and oxygen atoms in total. The maximum Gasteiger partial charge on any atom is 0.417 e. The summed E-state index contributed by atoms with van der Waals surface area (Å²) < 4.78 is 46.6. The van der Waals surface area contributed by atoms with Gasteiger partial charge in [0.15, 0.2) is 5.76 Å². The molecule has 0 bridgehead atoms. The minimum Gasteiger partial charge on any atom is -0.478 e. The lowest BCUT2D eigenvalue weighted by Gasteiger charge is -2.13. The number of hydrogen-bond donors (Lipinski definition) is 2. The predicted molar refractivity (Wildman–Crippen MR) is 115 cm³/mol. The standard InChI is InChI=1S/C22H14ClF3N2O3S/c23-17-3-1-2-16(22(24,25)26)18(17)19-15(20(31-28-19)13-8-9-27-10-13)11-32-14-6-4-12(5-7-14)21(29)30/h1-10,27H,11H2,(H,29,30). The Morgan fingerprint density at radius 3 is 2.53 bits per heavy atom. The van der Waals surface area contributed by atoms with E-state index >= 15 is 0 Å². The van der Waals surface area contributed by atoms with E-state index in [2.05, 4.69) is 10.1 Å². The van der Waals surface area contributed by atoms with E-state index in [1.165, 1.54) is 36.0 Å². The number of alkyl halides is 3. The van der Waals surface area contributed by atoms with E-state index in [1.807, 2.05) is 0 Å². The summed E-state index contributed by atoms with van der Waals surface area (Å²) in [6.07, 6.45) is -1.32. The lowest BCUT2D eigenvalue weighted by molar-refractivity contribution is -0.137. The SMILES string of the molecule is O=C(O)c1ccc(SCc2c(-c3c(Cl)cccc3C(F)(F)F)noc2-c2cc[nH]c2)cc1. The molecule has 10 heteroatoms. The normalized spacial score (nSPS) is 11.6. The van der Waals surface area contributed by atoms with Crippen LogP contribution < -0.4 is 0 Å². The molecule has 0 saturated heterocycles. The van der Waals surface area contributed by atoms with E-state index in [-0.39, 0.29) is 27.6 Å². The van der Waals surface area contributed by atoms with Crippen LogP contribution in [0.3, 0.4) is 0 Å². The molecule has 4 aromatic rings. The molecule has 0 amide bonds. The molecule has 32 heavy (non-hydrogen) atoms. The van der Waals surface area contributed by atoms with Gasteiger partial charge in [-0.3, -0.25) is 0 Å². The maximum absolute atomic E-state index is 13.7. The number of aromatic amines is 1. The average molecular weight is 479 g/mol. The molecule has 0 aliphatic heterocycles. The number of aromatic carboxylic acids is 1. The number of rotatable bonds is 6. The van der Waals surface area contributed by atoms with Gasteiger partial charge >= 0.3 is 12.1 Å². The Morgan fingerprint density at radius 2 is 1.91 bits per heavy atom. The molecule has 164 valence electrons. The van der Waals surface area contributed by atoms with Gasteiger partial charge in [-0.05, 0) is 42.5 Å². The number of nitrogens with zero attached hydrogens (tertiary/aromatic N) is 1. The van der Waals surface area contributed by atoms with Gasteiger partial charge in [-0.25, -0.2) is 4.79 Å². The molecule has 0 radical (unpaired) electrons. The second kappa shape index (κ2) is 8.76. The second-order valence-electron chi connectivity index (χ2n) is 6.72. The van der Waals surface area contributed by atoms with E-state index in [4.69, 9.17) is 21.2 Å². The van der Waals surface area contributed by atoms with Gasteiger partial charge < -0.3 is 14.6 Å². The van der Waals surface area contributed by atoms with Crippen molar-refractivity contribution in [1.29, 1.82) is 0 Å². The van der Waals surface area contributed by atoms with E-state index in [9.17, 15) is 18.0 Å². The maximum atomic E-state index is 13.7. The molecule has 2 aromatic carbocycles. The predicted octanol–water partition coefficient (Wildman–Crippen LogP) is 7.00. The van der Waals surface area contributed by atoms with Crippen LogP contribution >= 0.6 is 23.4 Å². The summed E-state index contributed by atoms with van der Waals surface area (Å²) in [7, 11) is 0. The molecule has 0 aliphatic carbocycles. The van der Waals surface area contributed by atoms with E-state index < -0.39 is 17.7 Å². The third-order valence-corrected chi connectivity index (χ3v) is 6.04. The largest absolute Gasteiger partial charge is 0.478 e. The van der Waals surface area contributed by atoms with Gasteiger partial charge in [-0.2, -0.15) is 13.2 Å². The van der Waals surface area contributed by atoms with Crippen LogP contribution in [-0.4, -0.2) is 21.2 Å². The van der Waals surface area contributed by atoms with Crippen molar-refractivity contribution in [2.75, 3.05) is 0 Å². The number of benzene rings is 2. The summed E-state index contributed by atoms with van der Waals surface area (Å²) in [4.78, 5) is 14.7. The lowest BCUT2D eigenvalue weighted by Crippen LogP contribution is -2.08. The first-order valence-corrected chi connectivity index (χ1v) is 10.6. The molecule has 2 aromatic heterocycles. The number of thioether (sulfide) groups is 1. The zero-order chi connectivity index (χ0) is 22.9. The topological polar surface area (TPSA) is 79.1 Å². The smallest absolute Gasteiger partial charge is 0.417 e. The Balaban J connectivity index is 1.78. The average Bonchev–Trinajstić information content (AvgIpc) is 3.41. The molecule has 0 spiro atoms. The summed E-state index contributed by atoms with van der Waals surface area (Å²) in [5, 5.41) is 12.9. The Labute approximate surface area is 189 Å². The summed E-state index contributed by atoms with van der Waals surface area (Å²) in [6.45, 7) is 0. The third kappa shape index (κ3) is 4.39. The van der Waals surface area contributed by atoms with Crippen LogP contribution in [0.4, 0.5) is 13.2 Å². The van der Waals surface area contributed by atoms with Crippen LogP contribution in [0, 0.1) is 0 Å². The highest BCUT2D eigenvalue weighted by atomic mass is 35.5. The number of H-pyrrole nitrogens is 1. The third-order valence-electron chi connectivity index (χ3n) is 4.69. The molecule has 0 aliphatic rings. The van der Waals surface area contributed by atoms with Gasteiger partial charge in [0.2, 0.25) is 0 Å². The highest BCUT2D eigenvalue weighted by molar-refractivity contribution is 7.98.